The highest BCUT2D eigenvalue weighted by Crippen LogP contribution is 2.39. The Balaban J connectivity index is 1.40. The minimum absolute atomic E-state index is 0.0147. The van der Waals surface area contributed by atoms with E-state index < -0.39 is 0 Å². The lowest BCUT2D eigenvalue weighted by Gasteiger charge is -2.46. The zero-order valence-corrected chi connectivity index (χ0v) is 16.1. The maximum Gasteiger partial charge on any atom is 0.327 e. The Morgan fingerprint density at radius 1 is 1.07 bits per heavy atom. The third kappa shape index (κ3) is 3.07. The standard InChI is InChI=1S/C20H21ClN4O3/c21-13-7-5-12(6-8-13)18-22-17(28-23-18)11-24-16-4-2-1-3-15(16)19(26)25(20(24)27)14-9-10-14/h5-8,14-16H,1-4,9-11H2. The van der Waals surface area contributed by atoms with Gasteiger partial charge in [-0.15, -0.1) is 0 Å². The topological polar surface area (TPSA) is 79.5 Å². The van der Waals surface area contributed by atoms with Gasteiger partial charge in [-0.05, 0) is 49.9 Å². The van der Waals surface area contributed by atoms with Crippen molar-refractivity contribution in [1.82, 2.24) is 19.9 Å². The Morgan fingerprint density at radius 3 is 2.57 bits per heavy atom. The van der Waals surface area contributed by atoms with Crippen LogP contribution in [0.3, 0.4) is 0 Å². The highest BCUT2D eigenvalue weighted by Gasteiger charge is 2.51. The first-order valence-electron chi connectivity index (χ1n) is 9.84. The van der Waals surface area contributed by atoms with Crippen LogP contribution in [-0.2, 0) is 11.3 Å². The third-order valence-electron chi connectivity index (χ3n) is 5.92. The molecule has 2 aromatic rings. The summed E-state index contributed by atoms with van der Waals surface area (Å²) < 4.78 is 5.43. The third-order valence-corrected chi connectivity index (χ3v) is 6.18. The quantitative estimate of drug-likeness (QED) is 0.778. The summed E-state index contributed by atoms with van der Waals surface area (Å²) >= 11 is 5.93. The summed E-state index contributed by atoms with van der Waals surface area (Å²) in [5, 5.41) is 4.68. The first-order chi connectivity index (χ1) is 13.6. The molecule has 1 saturated heterocycles. The number of fused-ring (bicyclic) bond motifs is 1. The average Bonchev–Trinajstić information content (AvgIpc) is 3.43. The van der Waals surface area contributed by atoms with Gasteiger partial charge in [-0.2, -0.15) is 4.98 Å². The van der Waals surface area contributed by atoms with Gasteiger partial charge in [-0.25, -0.2) is 4.79 Å². The molecule has 1 aromatic heterocycles. The van der Waals surface area contributed by atoms with Crippen LogP contribution in [0.2, 0.25) is 5.02 Å². The van der Waals surface area contributed by atoms with Crippen LogP contribution in [0.1, 0.15) is 44.4 Å². The van der Waals surface area contributed by atoms with Crippen molar-refractivity contribution >= 4 is 23.5 Å². The lowest BCUT2D eigenvalue weighted by atomic mass is 9.81. The number of rotatable bonds is 4. The maximum atomic E-state index is 13.1. The number of nitrogens with zero attached hydrogens (tertiary/aromatic N) is 4. The minimum atomic E-state index is -0.207. The van der Waals surface area contributed by atoms with E-state index in [0.29, 0.717) is 16.7 Å². The van der Waals surface area contributed by atoms with Crippen LogP contribution >= 0.6 is 11.6 Å². The molecule has 2 atom stereocenters. The van der Waals surface area contributed by atoms with Crippen molar-refractivity contribution in [3.63, 3.8) is 0 Å². The fourth-order valence-electron chi connectivity index (χ4n) is 4.36. The van der Waals surface area contributed by atoms with E-state index in [-0.39, 0.29) is 36.5 Å². The van der Waals surface area contributed by atoms with Crippen LogP contribution in [0.4, 0.5) is 4.79 Å². The smallest absolute Gasteiger partial charge is 0.327 e. The van der Waals surface area contributed by atoms with E-state index in [1.165, 1.54) is 4.90 Å². The van der Waals surface area contributed by atoms with Crippen LogP contribution in [0.25, 0.3) is 11.4 Å². The summed E-state index contributed by atoms with van der Waals surface area (Å²) in [6.07, 6.45) is 5.57. The molecule has 3 fully saturated rings. The zero-order chi connectivity index (χ0) is 19.3. The Bertz CT molecular complexity index is 908. The van der Waals surface area contributed by atoms with Gasteiger partial charge in [0, 0.05) is 22.7 Å². The van der Waals surface area contributed by atoms with Crippen LogP contribution in [0.5, 0.6) is 0 Å². The van der Waals surface area contributed by atoms with Crippen molar-refractivity contribution < 1.29 is 14.1 Å². The van der Waals surface area contributed by atoms with Gasteiger partial charge in [0.05, 0.1) is 5.92 Å². The van der Waals surface area contributed by atoms with Crippen LogP contribution < -0.4 is 0 Å². The largest absolute Gasteiger partial charge is 0.337 e. The molecule has 3 aliphatic rings. The Kier molecular flexibility index (Phi) is 4.34. The number of halogens is 1. The molecule has 3 amide bonds. The van der Waals surface area contributed by atoms with E-state index in [9.17, 15) is 9.59 Å². The molecular formula is C20H21ClN4O3. The molecule has 2 aliphatic carbocycles. The molecule has 7 nitrogen and oxygen atoms in total. The average molecular weight is 401 g/mol. The fourth-order valence-corrected chi connectivity index (χ4v) is 4.49. The molecule has 0 radical (unpaired) electrons. The maximum absolute atomic E-state index is 13.1. The highest BCUT2D eigenvalue weighted by atomic mass is 35.5. The van der Waals surface area contributed by atoms with Gasteiger partial charge >= 0.3 is 6.03 Å². The Labute approximate surface area is 167 Å². The zero-order valence-electron chi connectivity index (χ0n) is 15.4. The fraction of sp³-hybridized carbons (Fsp3) is 0.500. The normalized spacial score (nSPS) is 25.2. The minimum Gasteiger partial charge on any atom is -0.337 e. The van der Waals surface area contributed by atoms with E-state index >= 15 is 0 Å². The molecule has 2 unspecified atom stereocenters. The molecular weight excluding hydrogens is 380 g/mol. The molecule has 0 N–H and O–H groups in total. The van der Waals surface area contributed by atoms with Crippen molar-refractivity contribution in [2.75, 3.05) is 0 Å². The first-order valence-corrected chi connectivity index (χ1v) is 10.2. The van der Waals surface area contributed by atoms with Gasteiger partial charge in [-0.3, -0.25) is 9.69 Å². The van der Waals surface area contributed by atoms with Crippen molar-refractivity contribution in [2.24, 2.45) is 5.92 Å². The number of urea groups is 1. The second kappa shape index (κ2) is 6.88. The molecule has 8 heteroatoms. The van der Waals surface area contributed by atoms with Gasteiger partial charge < -0.3 is 9.42 Å². The van der Waals surface area contributed by atoms with Crippen LogP contribution in [0, 0.1) is 5.92 Å². The number of benzene rings is 1. The highest BCUT2D eigenvalue weighted by molar-refractivity contribution is 6.30. The van der Waals surface area contributed by atoms with Gasteiger partial charge in [0.2, 0.25) is 17.6 Å². The number of imide groups is 1. The molecule has 146 valence electrons. The predicted molar refractivity (Wildman–Crippen MR) is 101 cm³/mol. The monoisotopic (exact) mass is 400 g/mol. The second-order valence-corrected chi connectivity index (χ2v) is 8.26. The van der Waals surface area contributed by atoms with Gasteiger partial charge in [0.1, 0.15) is 6.54 Å². The summed E-state index contributed by atoms with van der Waals surface area (Å²) in [4.78, 5) is 33.7. The van der Waals surface area contributed by atoms with Crippen molar-refractivity contribution in [1.29, 1.82) is 0 Å². The van der Waals surface area contributed by atoms with Gasteiger partial charge in [-0.1, -0.05) is 29.6 Å². The summed E-state index contributed by atoms with van der Waals surface area (Å²) in [5.74, 6) is 0.755. The number of carbonyl (C=O) groups is 2. The summed E-state index contributed by atoms with van der Waals surface area (Å²) in [5.41, 5.74) is 0.801. The molecule has 1 aromatic carbocycles. The van der Waals surface area contributed by atoms with E-state index in [2.05, 4.69) is 10.1 Å². The number of amides is 3. The van der Waals surface area contributed by atoms with Gasteiger partial charge in [0.25, 0.3) is 0 Å². The second-order valence-electron chi connectivity index (χ2n) is 7.83. The van der Waals surface area contributed by atoms with E-state index in [1.54, 1.807) is 17.0 Å². The van der Waals surface area contributed by atoms with Gasteiger partial charge in [0.15, 0.2) is 0 Å². The SMILES string of the molecule is O=C1C2CCCCC2N(Cc2nc(-c3ccc(Cl)cc3)no2)C(=O)N1C1CC1. The molecule has 0 bridgehead atoms. The Morgan fingerprint density at radius 2 is 1.82 bits per heavy atom. The molecule has 28 heavy (non-hydrogen) atoms. The van der Waals surface area contributed by atoms with E-state index in [0.717, 1.165) is 44.1 Å². The molecule has 0 spiro atoms. The van der Waals surface area contributed by atoms with Crippen LogP contribution in [-0.4, -0.2) is 44.0 Å². The summed E-state index contributed by atoms with van der Waals surface area (Å²) in [6.45, 7) is 0.233. The van der Waals surface area contributed by atoms with Crippen molar-refractivity contribution in [3.8, 4) is 11.4 Å². The Hall–Kier alpha value is -2.41. The van der Waals surface area contributed by atoms with Crippen LogP contribution in [0.15, 0.2) is 28.8 Å². The number of hydrogen-bond acceptors (Lipinski definition) is 5. The predicted octanol–water partition coefficient (Wildman–Crippen LogP) is 3.88. The number of carbonyl (C=O) groups excluding carboxylic acids is 2. The number of hydrogen-bond donors (Lipinski definition) is 0. The summed E-state index contributed by atoms with van der Waals surface area (Å²) in [6, 6.07) is 6.98. The first kappa shape index (κ1) is 17.7. The summed E-state index contributed by atoms with van der Waals surface area (Å²) in [7, 11) is 0. The van der Waals surface area contributed by atoms with E-state index in [4.69, 9.17) is 16.1 Å². The molecule has 5 rings (SSSR count). The molecule has 1 aliphatic heterocycles. The number of aromatic nitrogens is 2. The lowest BCUT2D eigenvalue weighted by molar-refractivity contribution is -0.141. The van der Waals surface area contributed by atoms with Crippen molar-refractivity contribution in [3.05, 3.63) is 35.2 Å². The van der Waals surface area contributed by atoms with E-state index in [1.807, 2.05) is 12.1 Å². The lowest BCUT2D eigenvalue weighted by Crippen LogP contribution is -2.62. The molecule has 2 heterocycles. The molecule has 2 saturated carbocycles. The van der Waals surface area contributed by atoms with Crippen molar-refractivity contribution in [2.45, 2.75) is 57.2 Å².